The zero-order chi connectivity index (χ0) is 19.8. The van der Waals surface area contributed by atoms with Crippen LogP contribution in [0.2, 0.25) is 0 Å². The fourth-order valence-corrected chi connectivity index (χ4v) is 4.67. The second-order valence-electron chi connectivity index (χ2n) is 6.97. The highest BCUT2D eigenvalue weighted by molar-refractivity contribution is 7.10. The monoisotopic (exact) mass is 406 g/mol. The van der Waals surface area contributed by atoms with E-state index < -0.39 is 0 Å². The molecule has 2 atom stereocenters. The van der Waals surface area contributed by atoms with Gasteiger partial charge >= 0.3 is 0 Å². The average molecular weight is 407 g/mol. The van der Waals surface area contributed by atoms with Crippen LogP contribution in [0, 0.1) is 0 Å². The van der Waals surface area contributed by atoms with Gasteiger partial charge in [-0.3, -0.25) is 0 Å². The molecule has 3 heterocycles. The summed E-state index contributed by atoms with van der Waals surface area (Å²) in [6.07, 6.45) is 0.560. The van der Waals surface area contributed by atoms with E-state index in [0.29, 0.717) is 6.61 Å². The first-order valence-corrected chi connectivity index (χ1v) is 10.6. The number of nitrogens with zero attached hydrogens (tertiary/aromatic N) is 2. The number of fused-ring (bicyclic) bond motifs is 3. The largest absolute Gasteiger partial charge is 0.497 e. The Hall–Kier alpha value is -2.99. The van der Waals surface area contributed by atoms with Crippen LogP contribution < -0.4 is 14.2 Å². The van der Waals surface area contributed by atoms with Crippen LogP contribution in [0.25, 0.3) is 0 Å². The molecule has 5 rings (SSSR count). The molecule has 5 nitrogen and oxygen atoms in total. The normalized spacial score (nSPS) is 19.8. The van der Waals surface area contributed by atoms with Gasteiger partial charge in [-0.05, 0) is 54.3 Å². The number of rotatable bonds is 5. The third kappa shape index (κ3) is 3.13. The van der Waals surface area contributed by atoms with Crippen LogP contribution in [-0.2, 0) is 0 Å². The van der Waals surface area contributed by atoms with Crippen molar-refractivity contribution in [1.29, 1.82) is 0 Å². The summed E-state index contributed by atoms with van der Waals surface area (Å²) in [6, 6.07) is 18.5. The van der Waals surface area contributed by atoms with Gasteiger partial charge in [0, 0.05) is 12.0 Å². The van der Waals surface area contributed by atoms with E-state index >= 15 is 0 Å². The second-order valence-corrected chi connectivity index (χ2v) is 7.95. The number of benzene rings is 2. The lowest BCUT2D eigenvalue weighted by Gasteiger charge is -2.38. The molecule has 148 valence electrons. The predicted octanol–water partition coefficient (Wildman–Crippen LogP) is 5.40. The summed E-state index contributed by atoms with van der Waals surface area (Å²) in [5, 5.41) is 9.17. The third-order valence-corrected chi connectivity index (χ3v) is 6.19. The standard InChI is InChI=1S/C23H22N2O3S/c1-3-27-20-7-4-6-17-19-14-18(15-9-11-16(26-2)12-10-15)24-25(19)23(28-22(17)20)21-8-5-13-29-21/h4-13,19,23H,3,14H2,1-2H3/t19-,23-/m1/s1. The lowest BCUT2D eigenvalue weighted by atomic mass is 9.96. The summed E-state index contributed by atoms with van der Waals surface area (Å²) in [7, 11) is 1.68. The highest BCUT2D eigenvalue weighted by Crippen LogP contribution is 2.51. The topological polar surface area (TPSA) is 43.3 Å². The maximum atomic E-state index is 6.48. The molecule has 2 aliphatic heterocycles. The molecule has 0 aliphatic carbocycles. The quantitative estimate of drug-likeness (QED) is 0.569. The zero-order valence-corrected chi connectivity index (χ0v) is 17.2. The van der Waals surface area contributed by atoms with Gasteiger partial charge in [0.1, 0.15) is 5.75 Å². The molecule has 0 bridgehead atoms. The first-order chi connectivity index (χ1) is 14.3. The molecule has 1 aromatic heterocycles. The Morgan fingerprint density at radius 1 is 1.14 bits per heavy atom. The van der Waals surface area contributed by atoms with Gasteiger partial charge < -0.3 is 14.2 Å². The maximum absolute atomic E-state index is 6.48. The Morgan fingerprint density at radius 3 is 2.72 bits per heavy atom. The van der Waals surface area contributed by atoms with Crippen molar-refractivity contribution in [2.24, 2.45) is 5.10 Å². The van der Waals surface area contributed by atoms with Crippen LogP contribution >= 0.6 is 11.3 Å². The third-order valence-electron chi connectivity index (χ3n) is 5.29. The van der Waals surface area contributed by atoms with Crippen LogP contribution in [0.4, 0.5) is 0 Å². The molecule has 29 heavy (non-hydrogen) atoms. The molecule has 0 saturated heterocycles. The van der Waals surface area contributed by atoms with Crippen molar-refractivity contribution in [3.63, 3.8) is 0 Å². The molecule has 3 aromatic rings. The van der Waals surface area contributed by atoms with E-state index in [-0.39, 0.29) is 12.3 Å². The molecule has 0 fully saturated rings. The van der Waals surface area contributed by atoms with Crippen molar-refractivity contribution < 1.29 is 14.2 Å². The summed E-state index contributed by atoms with van der Waals surface area (Å²) < 4.78 is 17.6. The Labute approximate surface area is 174 Å². The van der Waals surface area contributed by atoms with Crippen molar-refractivity contribution in [2.45, 2.75) is 25.6 Å². The van der Waals surface area contributed by atoms with Crippen LogP contribution in [0.1, 0.15) is 41.6 Å². The van der Waals surface area contributed by atoms with Crippen LogP contribution in [0.15, 0.2) is 65.1 Å². The molecule has 0 saturated carbocycles. The zero-order valence-electron chi connectivity index (χ0n) is 16.4. The highest BCUT2D eigenvalue weighted by atomic mass is 32.1. The number of ether oxygens (including phenoxy) is 3. The molecule has 2 aliphatic rings. The van der Waals surface area contributed by atoms with Crippen LogP contribution in [-0.4, -0.2) is 24.4 Å². The Morgan fingerprint density at radius 2 is 2.00 bits per heavy atom. The van der Waals surface area contributed by atoms with Crippen molar-refractivity contribution >= 4 is 17.0 Å². The smallest absolute Gasteiger partial charge is 0.223 e. The number of hydrogen-bond acceptors (Lipinski definition) is 6. The minimum Gasteiger partial charge on any atom is -0.497 e. The van der Waals surface area contributed by atoms with Gasteiger partial charge in [0.15, 0.2) is 11.5 Å². The molecule has 6 heteroatoms. The summed E-state index contributed by atoms with van der Waals surface area (Å²) in [5.74, 6) is 2.47. The lowest BCUT2D eigenvalue weighted by Crippen LogP contribution is -2.33. The van der Waals surface area contributed by atoms with Gasteiger partial charge in [-0.1, -0.05) is 18.2 Å². The first kappa shape index (κ1) is 18.1. The number of para-hydroxylation sites is 1. The van der Waals surface area contributed by atoms with Crippen LogP contribution in [0.3, 0.4) is 0 Å². The van der Waals surface area contributed by atoms with Gasteiger partial charge in [-0.2, -0.15) is 5.10 Å². The average Bonchev–Trinajstić information content (AvgIpc) is 3.44. The number of hydrogen-bond donors (Lipinski definition) is 0. The van der Waals surface area contributed by atoms with Gasteiger partial charge in [-0.15, -0.1) is 11.3 Å². The highest BCUT2D eigenvalue weighted by Gasteiger charge is 2.42. The summed E-state index contributed by atoms with van der Waals surface area (Å²) in [4.78, 5) is 1.13. The maximum Gasteiger partial charge on any atom is 0.223 e. The SMILES string of the molecule is CCOc1cccc2c1O[C@H](c1cccs1)N1N=C(c3ccc(OC)cc3)C[C@H]21. The minimum atomic E-state index is -0.259. The van der Waals surface area contributed by atoms with Gasteiger partial charge in [0.25, 0.3) is 0 Å². The number of hydrazone groups is 1. The summed E-state index contributed by atoms with van der Waals surface area (Å²) in [5.41, 5.74) is 3.28. The number of thiophene rings is 1. The molecule has 0 unspecified atom stereocenters. The van der Waals surface area contributed by atoms with Crippen molar-refractivity contribution in [1.82, 2.24) is 5.01 Å². The van der Waals surface area contributed by atoms with Gasteiger partial charge in [-0.25, -0.2) is 5.01 Å². The van der Waals surface area contributed by atoms with Gasteiger partial charge in [0.2, 0.25) is 6.23 Å². The molecule has 0 amide bonds. The van der Waals surface area contributed by atoms with E-state index in [9.17, 15) is 0 Å². The van der Waals surface area contributed by atoms with E-state index in [1.54, 1.807) is 18.4 Å². The van der Waals surface area contributed by atoms with Crippen molar-refractivity contribution in [3.05, 3.63) is 76.0 Å². The van der Waals surface area contributed by atoms with E-state index in [1.807, 2.05) is 37.3 Å². The number of methoxy groups -OCH3 is 1. The molecule has 2 aromatic carbocycles. The molecular weight excluding hydrogens is 384 g/mol. The first-order valence-electron chi connectivity index (χ1n) is 9.74. The fourth-order valence-electron chi connectivity index (χ4n) is 3.93. The van der Waals surface area contributed by atoms with Crippen molar-refractivity contribution in [2.75, 3.05) is 13.7 Å². The molecule has 0 spiro atoms. The Bertz CT molecular complexity index is 1030. The molecular formula is C23H22N2O3S. The fraction of sp³-hybridized carbons (Fsp3) is 0.261. The lowest BCUT2D eigenvalue weighted by molar-refractivity contribution is -0.0188. The Kier molecular flexibility index (Phi) is 4.64. The predicted molar refractivity (Wildman–Crippen MR) is 114 cm³/mol. The Balaban J connectivity index is 1.57. The van der Waals surface area contributed by atoms with E-state index in [1.165, 1.54) is 0 Å². The summed E-state index contributed by atoms with van der Waals surface area (Å²) in [6.45, 7) is 2.59. The van der Waals surface area contributed by atoms with Crippen LogP contribution in [0.5, 0.6) is 17.2 Å². The van der Waals surface area contributed by atoms with Gasteiger partial charge in [0.05, 0.1) is 30.3 Å². The summed E-state index contributed by atoms with van der Waals surface area (Å²) >= 11 is 1.68. The molecule has 0 radical (unpaired) electrons. The van der Waals surface area contributed by atoms with E-state index in [4.69, 9.17) is 19.3 Å². The molecule has 0 N–H and O–H groups in total. The van der Waals surface area contributed by atoms with E-state index in [0.717, 1.165) is 45.4 Å². The minimum absolute atomic E-state index is 0.114. The van der Waals surface area contributed by atoms with E-state index in [2.05, 4.69) is 34.7 Å². The second kappa shape index (κ2) is 7.44. The van der Waals surface area contributed by atoms with Crippen molar-refractivity contribution in [3.8, 4) is 17.2 Å².